The van der Waals surface area contributed by atoms with Gasteiger partial charge in [0.05, 0.1) is 11.3 Å². The number of amides is 1. The standard InChI is InChI=1S/C21H25N3O3S2/c25-20(15-16-7-3-1-4-8-16)23-21(28)22-17-11-13-19(14-12-17)29(26,27)24-18-9-5-2-6-10-18/h1,3-4,7-8,11-14,18,24H,2,5-6,9-10,15H2,(H2,22,23,25,28). The Morgan fingerprint density at radius 2 is 1.62 bits per heavy atom. The number of rotatable bonds is 6. The maximum atomic E-state index is 12.5. The van der Waals surface area contributed by atoms with Crippen molar-refractivity contribution in [2.45, 2.75) is 49.5 Å². The minimum atomic E-state index is -3.54. The highest BCUT2D eigenvalue weighted by Gasteiger charge is 2.21. The fourth-order valence-corrected chi connectivity index (χ4v) is 4.88. The van der Waals surface area contributed by atoms with Crippen LogP contribution in [0, 0.1) is 0 Å². The first-order chi connectivity index (χ1) is 13.9. The molecule has 0 heterocycles. The fraction of sp³-hybridized carbons (Fsp3) is 0.333. The summed E-state index contributed by atoms with van der Waals surface area (Å²) in [4.78, 5) is 12.3. The third-order valence-corrected chi connectivity index (χ3v) is 6.55. The Labute approximate surface area is 177 Å². The third-order valence-electron chi connectivity index (χ3n) is 4.81. The lowest BCUT2D eigenvalue weighted by Gasteiger charge is -2.22. The highest BCUT2D eigenvalue weighted by atomic mass is 32.2. The van der Waals surface area contributed by atoms with Gasteiger partial charge >= 0.3 is 0 Å². The first-order valence-corrected chi connectivity index (χ1v) is 11.6. The predicted octanol–water partition coefficient (Wildman–Crippen LogP) is 3.35. The molecule has 1 aliphatic rings. The molecule has 1 fully saturated rings. The second kappa shape index (κ2) is 9.96. The molecule has 1 amide bonds. The number of nitrogens with one attached hydrogen (secondary N) is 3. The van der Waals surface area contributed by atoms with Crippen molar-refractivity contribution in [1.82, 2.24) is 10.0 Å². The Balaban J connectivity index is 1.52. The zero-order chi connectivity index (χ0) is 20.7. The number of sulfonamides is 1. The van der Waals surface area contributed by atoms with Gasteiger partial charge in [0.1, 0.15) is 0 Å². The summed E-state index contributed by atoms with van der Waals surface area (Å²) in [6.07, 6.45) is 5.28. The van der Waals surface area contributed by atoms with E-state index in [9.17, 15) is 13.2 Å². The van der Waals surface area contributed by atoms with Gasteiger partial charge in [-0.2, -0.15) is 0 Å². The highest BCUT2D eigenvalue weighted by Crippen LogP contribution is 2.20. The monoisotopic (exact) mass is 431 g/mol. The first-order valence-electron chi connectivity index (χ1n) is 9.69. The van der Waals surface area contributed by atoms with E-state index in [2.05, 4.69) is 15.4 Å². The maximum Gasteiger partial charge on any atom is 0.240 e. The van der Waals surface area contributed by atoms with Crippen LogP contribution in [0.25, 0.3) is 0 Å². The average Bonchev–Trinajstić information content (AvgIpc) is 2.69. The Morgan fingerprint density at radius 3 is 2.28 bits per heavy atom. The van der Waals surface area contributed by atoms with Gasteiger partial charge < -0.3 is 10.6 Å². The number of thiocarbonyl (C=S) groups is 1. The Morgan fingerprint density at radius 1 is 0.966 bits per heavy atom. The molecule has 8 heteroatoms. The molecule has 2 aromatic rings. The van der Waals surface area contributed by atoms with Crippen LogP contribution >= 0.6 is 12.2 Å². The van der Waals surface area contributed by atoms with Crippen LogP contribution < -0.4 is 15.4 Å². The van der Waals surface area contributed by atoms with Crippen molar-refractivity contribution in [1.29, 1.82) is 0 Å². The number of hydrogen-bond donors (Lipinski definition) is 3. The lowest BCUT2D eigenvalue weighted by atomic mass is 9.96. The van der Waals surface area contributed by atoms with E-state index in [4.69, 9.17) is 12.2 Å². The van der Waals surface area contributed by atoms with Crippen molar-refractivity contribution in [2.24, 2.45) is 0 Å². The molecule has 0 aliphatic heterocycles. The van der Waals surface area contributed by atoms with Gasteiger partial charge in [0.25, 0.3) is 0 Å². The molecule has 2 aromatic carbocycles. The van der Waals surface area contributed by atoms with Crippen LogP contribution in [0.2, 0.25) is 0 Å². The number of carbonyl (C=O) groups excluding carboxylic acids is 1. The molecule has 3 N–H and O–H groups in total. The van der Waals surface area contributed by atoms with Gasteiger partial charge in [0.2, 0.25) is 15.9 Å². The highest BCUT2D eigenvalue weighted by molar-refractivity contribution is 7.89. The Hall–Kier alpha value is -2.29. The van der Waals surface area contributed by atoms with Crippen LogP contribution in [0.15, 0.2) is 59.5 Å². The maximum absolute atomic E-state index is 12.5. The van der Waals surface area contributed by atoms with Crippen molar-refractivity contribution in [3.63, 3.8) is 0 Å². The Bertz CT molecular complexity index is 939. The van der Waals surface area contributed by atoms with Crippen LogP contribution in [-0.4, -0.2) is 25.5 Å². The molecule has 29 heavy (non-hydrogen) atoms. The quantitative estimate of drug-likeness (QED) is 0.611. The van der Waals surface area contributed by atoms with Crippen LogP contribution in [-0.2, 0) is 21.2 Å². The van der Waals surface area contributed by atoms with Gasteiger partial charge in [0, 0.05) is 11.7 Å². The molecule has 0 atom stereocenters. The molecule has 6 nitrogen and oxygen atoms in total. The largest absolute Gasteiger partial charge is 0.332 e. The minimum absolute atomic E-state index is 0.0129. The van der Waals surface area contributed by atoms with Crippen molar-refractivity contribution in [3.05, 3.63) is 60.2 Å². The molecule has 0 spiro atoms. The van der Waals surface area contributed by atoms with E-state index in [0.717, 1.165) is 31.2 Å². The average molecular weight is 432 g/mol. The van der Waals surface area contributed by atoms with Gasteiger partial charge in [-0.3, -0.25) is 4.79 Å². The smallest absolute Gasteiger partial charge is 0.240 e. The zero-order valence-electron chi connectivity index (χ0n) is 16.1. The zero-order valence-corrected chi connectivity index (χ0v) is 17.7. The van der Waals surface area contributed by atoms with E-state index in [-0.39, 0.29) is 28.4 Å². The van der Waals surface area contributed by atoms with E-state index < -0.39 is 10.0 Å². The van der Waals surface area contributed by atoms with E-state index in [1.165, 1.54) is 18.6 Å². The topological polar surface area (TPSA) is 87.3 Å². The molecule has 154 valence electrons. The van der Waals surface area contributed by atoms with Gasteiger partial charge in [0.15, 0.2) is 5.11 Å². The van der Waals surface area contributed by atoms with E-state index in [1.54, 1.807) is 12.1 Å². The summed E-state index contributed by atoms with van der Waals surface area (Å²) in [5.41, 5.74) is 1.50. The number of anilines is 1. The molecule has 0 saturated heterocycles. The van der Waals surface area contributed by atoms with E-state index in [1.807, 2.05) is 30.3 Å². The van der Waals surface area contributed by atoms with Gasteiger partial charge in [-0.05, 0) is 54.9 Å². The van der Waals surface area contributed by atoms with Gasteiger partial charge in [-0.15, -0.1) is 0 Å². The second-order valence-electron chi connectivity index (χ2n) is 7.15. The van der Waals surface area contributed by atoms with Crippen molar-refractivity contribution in [2.75, 3.05) is 5.32 Å². The Kier molecular flexibility index (Phi) is 7.35. The molecule has 0 bridgehead atoms. The third kappa shape index (κ3) is 6.62. The van der Waals surface area contributed by atoms with Crippen LogP contribution in [0.5, 0.6) is 0 Å². The van der Waals surface area contributed by atoms with Crippen molar-refractivity contribution >= 4 is 38.9 Å². The molecule has 0 aromatic heterocycles. The predicted molar refractivity (Wildman–Crippen MR) is 118 cm³/mol. The SMILES string of the molecule is O=C(Cc1ccccc1)NC(=S)Nc1ccc(S(=O)(=O)NC2CCCCC2)cc1. The molecule has 1 saturated carbocycles. The molecule has 3 rings (SSSR count). The molecular formula is C21H25N3O3S2. The molecular weight excluding hydrogens is 406 g/mol. The van der Waals surface area contributed by atoms with Crippen LogP contribution in [0.1, 0.15) is 37.7 Å². The summed E-state index contributed by atoms with van der Waals surface area (Å²) in [5, 5.41) is 5.70. The summed E-state index contributed by atoms with van der Waals surface area (Å²) in [7, 11) is -3.54. The normalized spacial score (nSPS) is 14.9. The van der Waals surface area contributed by atoms with Crippen molar-refractivity contribution in [3.8, 4) is 0 Å². The molecule has 0 unspecified atom stereocenters. The summed E-state index contributed by atoms with van der Waals surface area (Å²) in [6, 6.07) is 15.7. The number of carbonyl (C=O) groups is 1. The summed E-state index contributed by atoms with van der Waals surface area (Å²) >= 11 is 5.17. The minimum Gasteiger partial charge on any atom is -0.332 e. The molecule has 1 aliphatic carbocycles. The van der Waals surface area contributed by atoms with Gasteiger partial charge in [-0.1, -0.05) is 49.6 Å². The second-order valence-corrected chi connectivity index (χ2v) is 9.27. The van der Waals surface area contributed by atoms with Crippen LogP contribution in [0.3, 0.4) is 0 Å². The molecule has 0 radical (unpaired) electrons. The van der Waals surface area contributed by atoms with E-state index >= 15 is 0 Å². The first kappa shape index (κ1) is 21.4. The van der Waals surface area contributed by atoms with Crippen LogP contribution in [0.4, 0.5) is 5.69 Å². The summed E-state index contributed by atoms with van der Waals surface area (Å²) < 4.78 is 27.9. The number of benzene rings is 2. The van der Waals surface area contributed by atoms with Crippen molar-refractivity contribution < 1.29 is 13.2 Å². The summed E-state index contributed by atoms with van der Waals surface area (Å²) in [5.74, 6) is -0.218. The lowest BCUT2D eigenvalue weighted by molar-refractivity contribution is -0.119. The van der Waals surface area contributed by atoms with Gasteiger partial charge in [-0.25, -0.2) is 13.1 Å². The van der Waals surface area contributed by atoms with E-state index in [0.29, 0.717) is 5.69 Å². The number of hydrogen-bond acceptors (Lipinski definition) is 4. The fourth-order valence-electron chi connectivity index (χ4n) is 3.34. The lowest BCUT2D eigenvalue weighted by Crippen LogP contribution is -2.36. The summed E-state index contributed by atoms with van der Waals surface area (Å²) in [6.45, 7) is 0.